The van der Waals surface area contributed by atoms with Gasteiger partial charge in [0.15, 0.2) is 0 Å². The van der Waals surface area contributed by atoms with Crippen LogP contribution >= 0.6 is 0 Å². The number of piperidine rings is 1. The van der Waals surface area contributed by atoms with E-state index in [1.165, 1.54) is 12.8 Å². The van der Waals surface area contributed by atoms with Crippen molar-refractivity contribution in [2.75, 3.05) is 25.9 Å². The van der Waals surface area contributed by atoms with Crippen LogP contribution in [0.15, 0.2) is 0 Å². The molecule has 0 aromatic rings. The molecule has 21 heavy (non-hydrogen) atoms. The van der Waals surface area contributed by atoms with Gasteiger partial charge < -0.3 is 10.2 Å². The van der Waals surface area contributed by atoms with Gasteiger partial charge in [-0.25, -0.2) is 13.1 Å². The number of rotatable bonds is 6. The molecular formula is C14H27N3O3S. The summed E-state index contributed by atoms with van der Waals surface area (Å²) >= 11 is 0. The normalized spacial score (nSPS) is 24.4. The number of amides is 1. The lowest BCUT2D eigenvalue weighted by atomic mass is 10.0. The summed E-state index contributed by atoms with van der Waals surface area (Å²) in [6.45, 7) is 1.44. The van der Waals surface area contributed by atoms with Crippen molar-refractivity contribution in [3.8, 4) is 0 Å². The fraction of sp³-hybridized carbons (Fsp3) is 0.929. The molecule has 0 aromatic heterocycles. The molecule has 2 fully saturated rings. The predicted octanol–water partition coefficient (Wildman–Crippen LogP) is 0.449. The molecule has 1 amide bonds. The van der Waals surface area contributed by atoms with E-state index in [1.807, 2.05) is 4.90 Å². The van der Waals surface area contributed by atoms with Crippen LogP contribution in [0.5, 0.6) is 0 Å². The van der Waals surface area contributed by atoms with Crippen LogP contribution in [0.25, 0.3) is 0 Å². The molecule has 2 aliphatic rings. The Labute approximate surface area is 127 Å². The van der Waals surface area contributed by atoms with Crippen LogP contribution in [-0.4, -0.2) is 57.2 Å². The van der Waals surface area contributed by atoms with Gasteiger partial charge in [-0.1, -0.05) is 12.8 Å². The van der Waals surface area contributed by atoms with Crippen LogP contribution in [0.2, 0.25) is 0 Å². The Morgan fingerprint density at radius 2 is 1.81 bits per heavy atom. The molecule has 1 saturated carbocycles. The van der Waals surface area contributed by atoms with Crippen LogP contribution in [0.4, 0.5) is 0 Å². The van der Waals surface area contributed by atoms with Gasteiger partial charge in [-0.2, -0.15) is 0 Å². The molecule has 2 N–H and O–H groups in total. The molecule has 1 atom stereocenters. The van der Waals surface area contributed by atoms with Crippen LogP contribution in [0.1, 0.15) is 44.9 Å². The van der Waals surface area contributed by atoms with E-state index in [0.717, 1.165) is 44.9 Å². The molecule has 1 saturated heterocycles. The highest BCUT2D eigenvalue weighted by molar-refractivity contribution is 7.88. The zero-order valence-electron chi connectivity index (χ0n) is 12.8. The average molecular weight is 317 g/mol. The van der Waals surface area contributed by atoms with Crippen molar-refractivity contribution in [2.45, 2.75) is 57.0 Å². The van der Waals surface area contributed by atoms with Gasteiger partial charge in [0.05, 0.1) is 12.8 Å². The Hall–Kier alpha value is -0.660. The number of carbonyl (C=O) groups excluding carboxylic acids is 1. The van der Waals surface area contributed by atoms with Gasteiger partial charge >= 0.3 is 0 Å². The topological polar surface area (TPSA) is 78.5 Å². The summed E-state index contributed by atoms with van der Waals surface area (Å²) in [6, 6.07) is 0.470. The van der Waals surface area contributed by atoms with E-state index in [1.54, 1.807) is 0 Å². The predicted molar refractivity (Wildman–Crippen MR) is 82.5 cm³/mol. The molecule has 0 radical (unpaired) electrons. The van der Waals surface area contributed by atoms with Crippen molar-refractivity contribution >= 4 is 15.9 Å². The Morgan fingerprint density at radius 3 is 2.48 bits per heavy atom. The third kappa shape index (κ3) is 5.56. The first-order chi connectivity index (χ1) is 9.96. The van der Waals surface area contributed by atoms with Crippen LogP contribution in [0.3, 0.4) is 0 Å². The van der Waals surface area contributed by atoms with Crippen LogP contribution < -0.4 is 10.0 Å². The van der Waals surface area contributed by atoms with Crippen molar-refractivity contribution in [2.24, 2.45) is 0 Å². The molecular weight excluding hydrogens is 290 g/mol. The Morgan fingerprint density at radius 1 is 1.14 bits per heavy atom. The lowest BCUT2D eigenvalue weighted by molar-refractivity contribution is -0.133. The van der Waals surface area contributed by atoms with Gasteiger partial charge in [-0.15, -0.1) is 0 Å². The van der Waals surface area contributed by atoms with E-state index >= 15 is 0 Å². The molecule has 1 aliphatic carbocycles. The fourth-order valence-electron chi connectivity index (χ4n) is 3.25. The van der Waals surface area contributed by atoms with E-state index in [9.17, 15) is 13.2 Å². The van der Waals surface area contributed by atoms with Gasteiger partial charge in [-0.05, 0) is 32.1 Å². The summed E-state index contributed by atoms with van der Waals surface area (Å²) in [6.07, 6.45) is 8.90. The zero-order chi connectivity index (χ0) is 15.3. The summed E-state index contributed by atoms with van der Waals surface area (Å²) in [7, 11) is -3.20. The Bertz CT molecular complexity index is 446. The van der Waals surface area contributed by atoms with Gasteiger partial charge in [-0.3, -0.25) is 4.79 Å². The maximum absolute atomic E-state index is 12.4. The lowest BCUT2D eigenvalue weighted by Gasteiger charge is -2.36. The first-order valence-corrected chi connectivity index (χ1v) is 9.82. The fourth-order valence-corrected chi connectivity index (χ4v) is 3.75. The van der Waals surface area contributed by atoms with E-state index in [0.29, 0.717) is 19.1 Å². The highest BCUT2D eigenvalue weighted by Crippen LogP contribution is 2.19. The maximum atomic E-state index is 12.4. The lowest BCUT2D eigenvalue weighted by Crippen LogP contribution is -2.52. The number of carbonyl (C=O) groups is 1. The first-order valence-electron chi connectivity index (χ1n) is 7.93. The van der Waals surface area contributed by atoms with Gasteiger partial charge in [0.2, 0.25) is 15.9 Å². The summed E-state index contributed by atoms with van der Waals surface area (Å²) in [4.78, 5) is 14.2. The van der Waals surface area contributed by atoms with Gasteiger partial charge in [0, 0.05) is 25.2 Å². The summed E-state index contributed by atoms with van der Waals surface area (Å²) in [5.74, 6) is 0.0990. The number of sulfonamides is 1. The Kier molecular flexibility index (Phi) is 6.01. The quantitative estimate of drug-likeness (QED) is 0.745. The molecule has 1 heterocycles. The number of nitrogens with zero attached hydrogens (tertiary/aromatic N) is 1. The van der Waals surface area contributed by atoms with E-state index < -0.39 is 10.0 Å². The molecule has 0 spiro atoms. The largest absolute Gasteiger partial charge is 0.337 e. The van der Waals surface area contributed by atoms with Crippen LogP contribution in [0, 0.1) is 0 Å². The molecule has 0 aromatic carbocycles. The minimum atomic E-state index is -3.20. The standard InChI is InChI=1S/C14H27N3O3S/c1-21(19,20)16-10-13-8-4-5-9-17(13)14(18)11-15-12-6-2-3-7-12/h12-13,15-16H,2-11H2,1H3. The van der Waals surface area contributed by atoms with Crippen molar-refractivity contribution in [1.82, 2.24) is 14.9 Å². The minimum absolute atomic E-state index is 0.00801. The minimum Gasteiger partial charge on any atom is -0.337 e. The van der Waals surface area contributed by atoms with Gasteiger partial charge in [0.25, 0.3) is 0 Å². The SMILES string of the molecule is CS(=O)(=O)NCC1CCCCN1C(=O)CNC1CCCC1. The molecule has 2 rings (SSSR count). The smallest absolute Gasteiger partial charge is 0.236 e. The highest BCUT2D eigenvalue weighted by atomic mass is 32.2. The average Bonchev–Trinajstić information content (AvgIpc) is 2.95. The second-order valence-electron chi connectivity index (χ2n) is 6.22. The molecule has 1 unspecified atom stereocenters. The van der Waals surface area contributed by atoms with Crippen molar-refractivity contribution in [3.05, 3.63) is 0 Å². The first kappa shape index (κ1) is 16.7. The zero-order valence-corrected chi connectivity index (χ0v) is 13.6. The molecule has 0 bridgehead atoms. The van der Waals surface area contributed by atoms with E-state index in [-0.39, 0.29) is 11.9 Å². The van der Waals surface area contributed by atoms with Crippen molar-refractivity contribution < 1.29 is 13.2 Å². The summed E-state index contributed by atoms with van der Waals surface area (Å²) < 4.78 is 25.0. The summed E-state index contributed by atoms with van der Waals surface area (Å²) in [5.41, 5.74) is 0. The monoisotopic (exact) mass is 317 g/mol. The summed E-state index contributed by atoms with van der Waals surface area (Å²) in [5, 5.41) is 3.34. The van der Waals surface area contributed by atoms with Crippen molar-refractivity contribution in [1.29, 1.82) is 0 Å². The molecule has 1 aliphatic heterocycles. The van der Waals surface area contributed by atoms with E-state index in [2.05, 4.69) is 10.0 Å². The van der Waals surface area contributed by atoms with Crippen LogP contribution in [-0.2, 0) is 14.8 Å². The number of hydrogen-bond donors (Lipinski definition) is 2. The van der Waals surface area contributed by atoms with Gasteiger partial charge in [0.1, 0.15) is 0 Å². The molecule has 6 nitrogen and oxygen atoms in total. The van der Waals surface area contributed by atoms with E-state index in [4.69, 9.17) is 0 Å². The number of hydrogen-bond acceptors (Lipinski definition) is 4. The third-order valence-corrected chi connectivity index (χ3v) is 5.12. The Balaban J connectivity index is 1.83. The highest BCUT2D eigenvalue weighted by Gasteiger charge is 2.27. The number of likely N-dealkylation sites (tertiary alicyclic amines) is 1. The molecule has 122 valence electrons. The number of nitrogens with one attached hydrogen (secondary N) is 2. The maximum Gasteiger partial charge on any atom is 0.236 e. The third-order valence-electron chi connectivity index (χ3n) is 4.43. The second-order valence-corrected chi connectivity index (χ2v) is 8.05. The van der Waals surface area contributed by atoms with Crippen molar-refractivity contribution in [3.63, 3.8) is 0 Å². The second kappa shape index (κ2) is 7.56. The molecule has 7 heteroatoms.